The average Bonchev–Trinajstić information content (AvgIpc) is 3.32. The van der Waals surface area contributed by atoms with Crippen LogP contribution in [-0.2, 0) is 26.3 Å². The molecule has 1 amide bonds. The summed E-state index contributed by atoms with van der Waals surface area (Å²) in [6.45, 7) is 4.40. The van der Waals surface area contributed by atoms with Crippen molar-refractivity contribution >= 4 is 42.1 Å². The third kappa shape index (κ3) is 6.95. The average molecular weight is 555 g/mol. The van der Waals surface area contributed by atoms with Crippen LogP contribution in [0.3, 0.4) is 0 Å². The summed E-state index contributed by atoms with van der Waals surface area (Å²) in [6.07, 6.45) is -0.00785. The van der Waals surface area contributed by atoms with E-state index in [0.29, 0.717) is 32.8 Å². The second kappa shape index (κ2) is 12.6. The summed E-state index contributed by atoms with van der Waals surface area (Å²) in [4.78, 5) is 21.1. The maximum atomic E-state index is 14.2. The fourth-order valence-electron chi connectivity index (χ4n) is 3.85. The highest BCUT2D eigenvalue weighted by Gasteiger charge is 2.30. The van der Waals surface area contributed by atoms with Gasteiger partial charge in [0.2, 0.25) is 0 Å². The summed E-state index contributed by atoms with van der Waals surface area (Å²) in [6, 6.07) is 26.5. The van der Waals surface area contributed by atoms with Gasteiger partial charge in [0.05, 0.1) is 25.5 Å². The number of carbonyl (C=O) groups is 1. The zero-order valence-corrected chi connectivity index (χ0v) is 23.1. The molecule has 0 aliphatic carbocycles. The minimum Gasteiger partial charge on any atom is -0.309 e. The van der Waals surface area contributed by atoms with Crippen LogP contribution in [0.4, 0.5) is 5.69 Å². The van der Waals surface area contributed by atoms with Gasteiger partial charge in [-0.3, -0.25) is 9.36 Å². The molecule has 0 aliphatic rings. The smallest absolute Gasteiger partial charge is 0.309 e. The third-order valence-corrected chi connectivity index (χ3v) is 8.96. The molecule has 1 heterocycles. The largest absolute Gasteiger partial charge is 0.337 e. The van der Waals surface area contributed by atoms with Crippen molar-refractivity contribution in [1.29, 1.82) is 0 Å². The summed E-state index contributed by atoms with van der Waals surface area (Å²) >= 11 is 7.35. The van der Waals surface area contributed by atoms with Gasteiger partial charge in [0, 0.05) is 16.3 Å². The second-order valence-electron chi connectivity index (χ2n) is 8.11. The number of hydrogen-bond acceptors (Lipinski definition) is 6. The van der Waals surface area contributed by atoms with Crippen LogP contribution in [0.1, 0.15) is 34.1 Å². The highest BCUT2D eigenvalue weighted by Crippen LogP contribution is 2.52. The quantitative estimate of drug-likeness (QED) is 0.175. The zero-order chi connectivity index (χ0) is 26.3. The number of benzene rings is 3. The first-order valence-electron chi connectivity index (χ1n) is 12.0. The van der Waals surface area contributed by atoms with Gasteiger partial charge in [-0.15, -0.1) is 11.3 Å². The van der Waals surface area contributed by atoms with Crippen molar-refractivity contribution in [2.75, 3.05) is 18.1 Å². The van der Waals surface area contributed by atoms with Crippen molar-refractivity contribution in [1.82, 2.24) is 4.98 Å². The lowest BCUT2D eigenvalue weighted by molar-refractivity contribution is 0.0989. The molecule has 0 saturated carbocycles. The Kier molecular flexibility index (Phi) is 9.30. The van der Waals surface area contributed by atoms with E-state index in [1.54, 1.807) is 30.9 Å². The van der Waals surface area contributed by atoms with Gasteiger partial charge in [-0.1, -0.05) is 72.3 Å². The number of halogens is 1. The number of thiazole rings is 1. The van der Waals surface area contributed by atoms with Gasteiger partial charge < -0.3 is 13.9 Å². The number of rotatable bonds is 11. The molecular weight excluding hydrogens is 527 g/mol. The standard InChI is InChI=1S/C28H28ClN2O4PS/c1-3-34-36(33,35-4-2)20-25-30-26(22-13-9-6-10-14-22)27(37-25)28(32)31(19-21-11-7-5-8-12-21)24-17-15-23(29)16-18-24/h5-18H,3-4,19-20H2,1-2H3. The Morgan fingerprint density at radius 3 is 2.11 bits per heavy atom. The van der Waals surface area contributed by atoms with E-state index in [1.807, 2.05) is 72.8 Å². The highest BCUT2D eigenvalue weighted by molar-refractivity contribution is 7.53. The summed E-state index contributed by atoms with van der Waals surface area (Å²) in [5.41, 5.74) is 3.03. The maximum absolute atomic E-state index is 14.2. The highest BCUT2D eigenvalue weighted by atomic mass is 35.5. The van der Waals surface area contributed by atoms with Gasteiger partial charge in [0.1, 0.15) is 16.0 Å². The minimum absolute atomic E-state index is 0.00785. The summed E-state index contributed by atoms with van der Waals surface area (Å²) in [7, 11) is -3.40. The summed E-state index contributed by atoms with van der Waals surface area (Å²) in [5.74, 6) is -0.212. The van der Waals surface area contributed by atoms with Crippen LogP contribution in [0.15, 0.2) is 84.9 Å². The Balaban J connectivity index is 1.78. The van der Waals surface area contributed by atoms with E-state index in [9.17, 15) is 9.36 Å². The zero-order valence-electron chi connectivity index (χ0n) is 20.7. The predicted octanol–water partition coefficient (Wildman–Crippen LogP) is 8.08. The molecule has 0 saturated heterocycles. The van der Waals surface area contributed by atoms with Crippen molar-refractivity contribution in [2.45, 2.75) is 26.6 Å². The number of carbonyl (C=O) groups excluding carboxylic acids is 1. The molecule has 0 unspecified atom stereocenters. The van der Waals surface area contributed by atoms with E-state index in [1.165, 1.54) is 11.3 Å². The normalized spacial score (nSPS) is 11.4. The Labute approximate surface area is 226 Å². The van der Waals surface area contributed by atoms with Crippen molar-refractivity contribution < 1.29 is 18.4 Å². The molecule has 0 bridgehead atoms. The van der Waals surface area contributed by atoms with E-state index < -0.39 is 7.60 Å². The van der Waals surface area contributed by atoms with Gasteiger partial charge in [0.15, 0.2) is 0 Å². The van der Waals surface area contributed by atoms with Gasteiger partial charge >= 0.3 is 7.60 Å². The third-order valence-electron chi connectivity index (χ3n) is 5.46. The number of aromatic nitrogens is 1. The lowest BCUT2D eigenvalue weighted by Crippen LogP contribution is -2.30. The lowest BCUT2D eigenvalue weighted by atomic mass is 10.1. The molecule has 1 aromatic heterocycles. The summed E-state index contributed by atoms with van der Waals surface area (Å²) in [5, 5.41) is 1.10. The molecule has 0 atom stereocenters. The Morgan fingerprint density at radius 2 is 1.51 bits per heavy atom. The van der Waals surface area contributed by atoms with Crippen LogP contribution in [0.2, 0.25) is 5.02 Å². The monoisotopic (exact) mass is 554 g/mol. The van der Waals surface area contributed by atoms with Crippen molar-refractivity contribution in [2.24, 2.45) is 0 Å². The van der Waals surface area contributed by atoms with Gasteiger partial charge in [-0.2, -0.15) is 0 Å². The molecule has 37 heavy (non-hydrogen) atoms. The fourth-order valence-corrected chi connectivity index (χ4v) is 6.98. The van der Waals surface area contributed by atoms with Gasteiger partial charge in [0.25, 0.3) is 5.91 Å². The van der Waals surface area contributed by atoms with Crippen molar-refractivity contribution in [3.63, 3.8) is 0 Å². The molecule has 4 aromatic rings. The van der Waals surface area contributed by atoms with Gasteiger partial charge in [-0.05, 0) is 43.7 Å². The molecule has 9 heteroatoms. The van der Waals surface area contributed by atoms with Crippen LogP contribution in [0.5, 0.6) is 0 Å². The lowest BCUT2D eigenvalue weighted by Gasteiger charge is -2.23. The minimum atomic E-state index is -3.40. The fraction of sp³-hybridized carbons (Fsp3) is 0.214. The van der Waals surface area contributed by atoms with Crippen LogP contribution >= 0.6 is 30.5 Å². The Morgan fingerprint density at radius 1 is 0.919 bits per heavy atom. The topological polar surface area (TPSA) is 68.7 Å². The first-order valence-corrected chi connectivity index (χ1v) is 14.9. The van der Waals surface area contributed by atoms with E-state index in [-0.39, 0.29) is 25.3 Å². The van der Waals surface area contributed by atoms with Crippen LogP contribution < -0.4 is 4.90 Å². The van der Waals surface area contributed by atoms with Crippen molar-refractivity contribution in [3.8, 4) is 11.3 Å². The molecule has 0 fully saturated rings. The Bertz CT molecular complexity index is 1350. The van der Waals surface area contributed by atoms with Gasteiger partial charge in [-0.25, -0.2) is 4.98 Å². The first kappa shape index (κ1) is 27.2. The van der Waals surface area contributed by atoms with E-state index in [0.717, 1.165) is 11.1 Å². The van der Waals surface area contributed by atoms with E-state index >= 15 is 0 Å². The number of amides is 1. The molecule has 192 valence electrons. The maximum Gasteiger partial charge on any atom is 0.337 e. The Hall–Kier alpha value is -2.80. The SMILES string of the molecule is CCOP(=O)(Cc1nc(-c2ccccc2)c(C(=O)N(Cc2ccccc2)c2ccc(Cl)cc2)s1)OCC. The van der Waals surface area contributed by atoms with E-state index in [2.05, 4.69) is 0 Å². The van der Waals surface area contributed by atoms with Crippen molar-refractivity contribution in [3.05, 3.63) is 105 Å². The molecule has 4 rings (SSSR count). The first-order chi connectivity index (χ1) is 17.9. The molecular formula is C28H28ClN2O4PS. The summed E-state index contributed by atoms with van der Waals surface area (Å²) < 4.78 is 24.2. The molecule has 0 N–H and O–H groups in total. The van der Waals surface area contributed by atoms with E-state index in [4.69, 9.17) is 25.6 Å². The predicted molar refractivity (Wildman–Crippen MR) is 151 cm³/mol. The van der Waals surface area contributed by atoms with Crippen LogP contribution in [0, 0.1) is 0 Å². The van der Waals surface area contributed by atoms with Crippen LogP contribution in [0.25, 0.3) is 11.3 Å². The number of nitrogens with zero attached hydrogens (tertiary/aromatic N) is 2. The molecule has 0 radical (unpaired) electrons. The number of anilines is 1. The van der Waals surface area contributed by atoms with Crippen LogP contribution in [-0.4, -0.2) is 24.1 Å². The molecule has 0 spiro atoms. The molecule has 0 aliphatic heterocycles. The molecule has 3 aromatic carbocycles. The molecule has 6 nitrogen and oxygen atoms in total. The number of hydrogen-bond donors (Lipinski definition) is 0. The second-order valence-corrected chi connectivity index (χ2v) is 11.7.